The Morgan fingerprint density at radius 2 is 2.04 bits per heavy atom. The first-order valence-corrected chi connectivity index (χ1v) is 10.0. The lowest BCUT2D eigenvalue weighted by Gasteiger charge is -2.30. The minimum atomic E-state index is 0.105. The summed E-state index contributed by atoms with van der Waals surface area (Å²) in [5, 5.41) is 7.87. The minimum Gasteiger partial charge on any atom is -0.353 e. The molecule has 1 atom stereocenters. The summed E-state index contributed by atoms with van der Waals surface area (Å²) in [7, 11) is 0. The smallest absolute Gasteiger partial charge is 0.241 e. The van der Waals surface area contributed by atoms with Crippen LogP contribution in [0.25, 0.3) is 11.4 Å². The summed E-state index contributed by atoms with van der Waals surface area (Å²) in [5.74, 6) is 1.46. The fourth-order valence-electron chi connectivity index (χ4n) is 3.45. The van der Waals surface area contributed by atoms with E-state index < -0.39 is 0 Å². The molecule has 1 aromatic carbocycles. The predicted octanol–water partition coefficient (Wildman–Crippen LogP) is 3.91. The van der Waals surface area contributed by atoms with Crippen LogP contribution in [-0.4, -0.2) is 40.1 Å². The number of likely N-dealkylation sites (tertiary alicyclic amines) is 1. The van der Waals surface area contributed by atoms with Crippen molar-refractivity contribution in [2.45, 2.75) is 52.1 Å². The average molecular weight is 391 g/mol. The maximum Gasteiger partial charge on any atom is 0.241 e. The maximum atomic E-state index is 12.4. The van der Waals surface area contributed by atoms with E-state index in [0.717, 1.165) is 44.3 Å². The van der Waals surface area contributed by atoms with Crippen molar-refractivity contribution in [2.75, 3.05) is 13.1 Å². The second-order valence-electron chi connectivity index (χ2n) is 7.27. The highest BCUT2D eigenvalue weighted by Crippen LogP contribution is 2.22. The van der Waals surface area contributed by atoms with E-state index in [2.05, 4.69) is 34.2 Å². The molecule has 1 saturated heterocycles. The van der Waals surface area contributed by atoms with E-state index in [1.807, 2.05) is 24.3 Å². The molecule has 0 aliphatic carbocycles. The number of piperidine rings is 1. The van der Waals surface area contributed by atoms with Crippen molar-refractivity contribution < 1.29 is 9.32 Å². The highest BCUT2D eigenvalue weighted by Gasteiger charge is 2.26. The molecule has 2 heterocycles. The van der Waals surface area contributed by atoms with Crippen LogP contribution in [0.2, 0.25) is 5.02 Å². The first kappa shape index (κ1) is 19.8. The van der Waals surface area contributed by atoms with Crippen LogP contribution < -0.4 is 5.32 Å². The molecular formula is C20H27ClN4O2. The lowest BCUT2D eigenvalue weighted by Crippen LogP contribution is -2.42. The molecule has 1 aromatic heterocycles. The Bertz CT molecular complexity index is 739. The van der Waals surface area contributed by atoms with E-state index in [4.69, 9.17) is 16.1 Å². The molecule has 6 nitrogen and oxygen atoms in total. The number of hydrogen-bond acceptors (Lipinski definition) is 5. The summed E-state index contributed by atoms with van der Waals surface area (Å²) >= 11 is 5.91. The molecule has 7 heteroatoms. The second kappa shape index (κ2) is 9.33. The van der Waals surface area contributed by atoms with Crippen LogP contribution in [0, 0.1) is 5.92 Å². The Kier molecular flexibility index (Phi) is 6.85. The molecular weight excluding hydrogens is 364 g/mol. The Balaban J connectivity index is 1.48. The van der Waals surface area contributed by atoms with Crippen LogP contribution in [0.4, 0.5) is 0 Å². The third-order valence-corrected chi connectivity index (χ3v) is 5.25. The van der Waals surface area contributed by atoms with Crippen LogP contribution in [0.3, 0.4) is 0 Å². The highest BCUT2D eigenvalue weighted by atomic mass is 35.5. The zero-order valence-electron chi connectivity index (χ0n) is 15.9. The lowest BCUT2D eigenvalue weighted by atomic mass is 9.95. The molecule has 1 unspecified atom stereocenters. The zero-order chi connectivity index (χ0) is 19.2. The summed E-state index contributed by atoms with van der Waals surface area (Å²) < 4.78 is 5.39. The van der Waals surface area contributed by atoms with Crippen molar-refractivity contribution in [3.05, 3.63) is 35.2 Å². The number of halogens is 1. The van der Waals surface area contributed by atoms with E-state index >= 15 is 0 Å². The molecule has 0 bridgehead atoms. The Hall–Kier alpha value is -1.92. The largest absolute Gasteiger partial charge is 0.353 e. The Morgan fingerprint density at radius 3 is 2.70 bits per heavy atom. The summed E-state index contributed by atoms with van der Waals surface area (Å²) in [5.41, 5.74) is 0.881. The number of hydrogen-bond donors (Lipinski definition) is 1. The molecule has 0 saturated carbocycles. The molecule has 1 amide bonds. The van der Waals surface area contributed by atoms with Gasteiger partial charge in [-0.1, -0.05) is 30.1 Å². The fraction of sp³-hybridized carbons (Fsp3) is 0.550. The normalized spacial score (nSPS) is 17.0. The molecule has 146 valence electrons. The predicted molar refractivity (Wildman–Crippen MR) is 105 cm³/mol. The van der Waals surface area contributed by atoms with E-state index in [1.165, 1.54) is 0 Å². The van der Waals surface area contributed by atoms with E-state index in [-0.39, 0.29) is 17.9 Å². The first-order valence-electron chi connectivity index (χ1n) is 9.66. The Labute approximate surface area is 165 Å². The molecule has 27 heavy (non-hydrogen) atoms. The van der Waals surface area contributed by atoms with Crippen molar-refractivity contribution in [1.29, 1.82) is 0 Å². The van der Waals surface area contributed by atoms with Gasteiger partial charge in [-0.2, -0.15) is 4.98 Å². The quantitative estimate of drug-likeness (QED) is 0.776. The lowest BCUT2D eigenvalue weighted by molar-refractivity contribution is -0.127. The van der Waals surface area contributed by atoms with Crippen LogP contribution in [0.1, 0.15) is 45.4 Å². The highest BCUT2D eigenvalue weighted by molar-refractivity contribution is 6.30. The van der Waals surface area contributed by atoms with Crippen LogP contribution in [0.5, 0.6) is 0 Å². The zero-order valence-corrected chi connectivity index (χ0v) is 16.7. The first-order chi connectivity index (χ1) is 13.0. The van der Waals surface area contributed by atoms with Crippen LogP contribution in [-0.2, 0) is 11.3 Å². The van der Waals surface area contributed by atoms with Gasteiger partial charge in [0.1, 0.15) is 0 Å². The summed E-state index contributed by atoms with van der Waals surface area (Å²) in [6.45, 7) is 6.54. The van der Waals surface area contributed by atoms with Gasteiger partial charge in [-0.15, -0.1) is 0 Å². The summed E-state index contributed by atoms with van der Waals surface area (Å²) in [6, 6.07) is 7.63. The average Bonchev–Trinajstić information content (AvgIpc) is 3.11. The third-order valence-electron chi connectivity index (χ3n) is 5.00. The number of carbonyl (C=O) groups is 1. The molecule has 2 aromatic rings. The number of carbonyl (C=O) groups excluding carboxylic acids is 1. The molecule has 0 radical (unpaired) electrons. The fourth-order valence-corrected chi connectivity index (χ4v) is 3.57. The summed E-state index contributed by atoms with van der Waals surface area (Å²) in [4.78, 5) is 19.1. The maximum absolute atomic E-state index is 12.4. The topological polar surface area (TPSA) is 71.3 Å². The van der Waals surface area contributed by atoms with Gasteiger partial charge in [-0.3, -0.25) is 9.69 Å². The van der Waals surface area contributed by atoms with Gasteiger partial charge in [0, 0.05) is 22.5 Å². The van der Waals surface area contributed by atoms with Crippen LogP contribution in [0.15, 0.2) is 28.8 Å². The van der Waals surface area contributed by atoms with Crippen molar-refractivity contribution in [3.8, 4) is 11.4 Å². The third kappa shape index (κ3) is 5.53. The molecule has 3 rings (SSSR count). The number of aromatic nitrogens is 2. The second-order valence-corrected chi connectivity index (χ2v) is 7.70. The Morgan fingerprint density at radius 1 is 1.33 bits per heavy atom. The van der Waals surface area contributed by atoms with Crippen molar-refractivity contribution in [2.24, 2.45) is 5.92 Å². The molecule has 1 aliphatic rings. The van der Waals surface area contributed by atoms with Crippen LogP contribution >= 0.6 is 11.6 Å². The SMILES string of the molecule is CCCC(C)NC(=O)C1CCN(Cc2nc(-c3ccc(Cl)cc3)no2)CC1. The monoisotopic (exact) mass is 390 g/mol. The standard InChI is InChI=1S/C20H27ClN4O2/c1-3-4-14(2)22-20(26)16-9-11-25(12-10-16)13-18-23-19(24-27-18)15-5-7-17(21)8-6-15/h5-8,14,16H,3-4,9-13H2,1-2H3,(H,22,26). The number of nitrogens with zero attached hydrogens (tertiary/aromatic N) is 3. The van der Waals surface area contributed by atoms with Gasteiger partial charge in [0.25, 0.3) is 0 Å². The van der Waals surface area contributed by atoms with Gasteiger partial charge in [0.2, 0.25) is 17.6 Å². The molecule has 1 aliphatic heterocycles. The number of rotatable bonds is 7. The van der Waals surface area contributed by atoms with Gasteiger partial charge < -0.3 is 9.84 Å². The van der Waals surface area contributed by atoms with Gasteiger partial charge in [-0.25, -0.2) is 0 Å². The van der Waals surface area contributed by atoms with Gasteiger partial charge in [0.15, 0.2) is 0 Å². The van der Waals surface area contributed by atoms with Gasteiger partial charge in [-0.05, 0) is 63.5 Å². The minimum absolute atomic E-state index is 0.105. The van der Waals surface area contributed by atoms with Gasteiger partial charge >= 0.3 is 0 Å². The number of amides is 1. The molecule has 0 spiro atoms. The summed E-state index contributed by atoms with van der Waals surface area (Å²) in [6.07, 6.45) is 3.84. The molecule has 1 N–H and O–H groups in total. The molecule has 1 fully saturated rings. The van der Waals surface area contributed by atoms with E-state index in [0.29, 0.717) is 23.3 Å². The van der Waals surface area contributed by atoms with E-state index in [1.54, 1.807) is 0 Å². The number of nitrogens with one attached hydrogen (secondary N) is 1. The van der Waals surface area contributed by atoms with Gasteiger partial charge in [0.05, 0.1) is 6.54 Å². The number of benzene rings is 1. The van der Waals surface area contributed by atoms with Crippen molar-refractivity contribution in [1.82, 2.24) is 20.4 Å². The van der Waals surface area contributed by atoms with Crippen molar-refractivity contribution >= 4 is 17.5 Å². The van der Waals surface area contributed by atoms with Crippen molar-refractivity contribution in [3.63, 3.8) is 0 Å². The van der Waals surface area contributed by atoms with E-state index in [9.17, 15) is 4.79 Å².